The van der Waals surface area contributed by atoms with Gasteiger partial charge in [-0.1, -0.05) is 0 Å². The number of carbonyl (C=O) groups excluding carboxylic acids is 1. The van der Waals surface area contributed by atoms with Gasteiger partial charge in [-0.05, 0) is 6.07 Å². The van der Waals surface area contributed by atoms with Gasteiger partial charge in [0.1, 0.15) is 18.3 Å². The number of nitro groups is 2. The summed E-state index contributed by atoms with van der Waals surface area (Å²) in [6.45, 7) is -0.578. The lowest BCUT2D eigenvalue weighted by atomic mass is 10.1. The molecule has 5 N–H and O–H groups in total. The lowest BCUT2D eigenvalue weighted by Gasteiger charge is -2.16. The van der Waals surface area contributed by atoms with Gasteiger partial charge in [0.05, 0.1) is 35.3 Å². The number of aliphatic hydroxyl groups is 3. The molecule has 17 nitrogen and oxygen atoms in total. The number of nitrogens with zero attached hydrogens (tertiary/aromatic N) is 5. The minimum atomic E-state index is -1.48. The lowest BCUT2D eigenvalue weighted by molar-refractivity contribution is -0.394. The van der Waals surface area contributed by atoms with Crippen molar-refractivity contribution < 1.29 is 34.7 Å². The quantitative estimate of drug-likeness (QED) is 0.192. The SMILES string of the molecule is O=C(Cc1ccc([N+](=O)[O-])cc1[N+](=O)[O-])Nc1nc2c(ncn2[C@@H]2O[C@H](CO)[C@@H](O)[C@H]2O)c(=O)[nH]1. The van der Waals surface area contributed by atoms with Gasteiger partial charge >= 0.3 is 0 Å². The zero-order valence-corrected chi connectivity index (χ0v) is 17.5. The summed E-state index contributed by atoms with van der Waals surface area (Å²) in [4.78, 5) is 55.6. The highest BCUT2D eigenvalue weighted by molar-refractivity contribution is 5.92. The summed E-state index contributed by atoms with van der Waals surface area (Å²) in [5.41, 5.74) is -2.33. The number of H-pyrrole nitrogens is 1. The second-order valence-electron chi connectivity index (χ2n) is 7.52. The van der Waals surface area contributed by atoms with E-state index in [2.05, 4.69) is 20.3 Å². The first-order chi connectivity index (χ1) is 16.6. The zero-order chi connectivity index (χ0) is 25.4. The molecule has 0 aliphatic carbocycles. The third-order valence-electron chi connectivity index (χ3n) is 5.31. The lowest BCUT2D eigenvalue weighted by Crippen LogP contribution is -2.33. The predicted molar refractivity (Wildman–Crippen MR) is 113 cm³/mol. The Bertz CT molecular complexity index is 1390. The van der Waals surface area contributed by atoms with Gasteiger partial charge in [0.2, 0.25) is 11.9 Å². The van der Waals surface area contributed by atoms with Crippen LogP contribution in [-0.2, 0) is 16.0 Å². The second kappa shape index (κ2) is 9.14. The predicted octanol–water partition coefficient (Wildman–Crippen LogP) is -1.27. The van der Waals surface area contributed by atoms with Crippen LogP contribution < -0.4 is 10.9 Å². The number of hydrogen-bond acceptors (Lipinski definition) is 12. The average Bonchev–Trinajstić information content (AvgIpc) is 3.34. The number of rotatable bonds is 7. The topological polar surface area (TPSA) is 249 Å². The van der Waals surface area contributed by atoms with Crippen LogP contribution >= 0.6 is 0 Å². The van der Waals surface area contributed by atoms with Crippen LogP contribution in [0.1, 0.15) is 11.8 Å². The number of ether oxygens (including phenoxy) is 1. The molecule has 0 radical (unpaired) electrons. The van der Waals surface area contributed by atoms with E-state index >= 15 is 0 Å². The minimum Gasteiger partial charge on any atom is -0.394 e. The van der Waals surface area contributed by atoms with E-state index in [1.807, 2.05) is 0 Å². The zero-order valence-electron chi connectivity index (χ0n) is 17.5. The van der Waals surface area contributed by atoms with Crippen molar-refractivity contribution in [3.8, 4) is 0 Å². The minimum absolute atomic E-state index is 0.113. The third-order valence-corrected chi connectivity index (χ3v) is 5.31. The number of aromatic nitrogens is 4. The number of hydrogen-bond donors (Lipinski definition) is 5. The Morgan fingerprint density at radius 1 is 1.23 bits per heavy atom. The van der Waals surface area contributed by atoms with Crippen LogP contribution in [0, 0.1) is 20.2 Å². The molecule has 1 aromatic carbocycles. The van der Waals surface area contributed by atoms with E-state index in [1.54, 1.807) is 0 Å². The van der Waals surface area contributed by atoms with Gasteiger partial charge in [-0.15, -0.1) is 0 Å². The van der Waals surface area contributed by atoms with Crippen molar-refractivity contribution in [1.82, 2.24) is 19.5 Å². The molecule has 4 atom stereocenters. The summed E-state index contributed by atoms with van der Waals surface area (Å²) in [6, 6.07) is 2.82. The van der Waals surface area contributed by atoms with Crippen LogP contribution in [0.3, 0.4) is 0 Å². The molecule has 0 bridgehead atoms. The summed E-state index contributed by atoms with van der Waals surface area (Å²) in [5, 5.41) is 53.9. The fraction of sp³-hybridized carbons (Fsp3) is 0.333. The van der Waals surface area contributed by atoms with E-state index in [4.69, 9.17) is 4.74 Å². The maximum absolute atomic E-state index is 12.5. The number of fused-ring (bicyclic) bond motifs is 1. The van der Waals surface area contributed by atoms with Crippen molar-refractivity contribution in [2.75, 3.05) is 11.9 Å². The maximum atomic E-state index is 12.5. The molecule has 2 aromatic heterocycles. The number of carbonyl (C=O) groups is 1. The Balaban J connectivity index is 1.60. The van der Waals surface area contributed by atoms with Gasteiger partial charge in [-0.3, -0.25) is 44.7 Å². The fourth-order valence-electron chi connectivity index (χ4n) is 3.62. The Hall–Kier alpha value is -4.32. The summed E-state index contributed by atoms with van der Waals surface area (Å²) in [5.74, 6) is -1.19. The van der Waals surface area contributed by atoms with Crippen LogP contribution in [0.4, 0.5) is 17.3 Å². The standard InChI is InChI=1S/C18H17N7O10/c26-5-10-13(28)14(29)17(35-10)23-6-19-12-15(23)21-18(22-16(12)30)20-11(27)3-7-1-2-8(24(31)32)4-9(7)25(33)34/h1-2,4,6,10,13-14,17,26,28-29H,3,5H2,(H2,20,21,22,27,30)/t10-,13-,14-,17-/m1/s1. The number of amides is 1. The normalized spacial score (nSPS) is 21.8. The first-order valence-corrected chi connectivity index (χ1v) is 9.91. The molecule has 1 aliphatic rings. The van der Waals surface area contributed by atoms with Crippen molar-refractivity contribution >= 4 is 34.4 Å². The molecule has 1 saturated heterocycles. The van der Waals surface area contributed by atoms with E-state index in [9.17, 15) is 45.1 Å². The summed E-state index contributed by atoms with van der Waals surface area (Å²) in [7, 11) is 0. The highest BCUT2D eigenvalue weighted by atomic mass is 16.6. The number of benzene rings is 1. The molecular weight excluding hydrogens is 474 g/mol. The number of imidazole rings is 1. The first-order valence-electron chi connectivity index (χ1n) is 9.91. The molecule has 0 spiro atoms. The molecule has 3 aromatic rings. The molecular formula is C18H17N7O10. The second-order valence-corrected chi connectivity index (χ2v) is 7.52. The number of aliphatic hydroxyl groups excluding tert-OH is 3. The van der Waals surface area contributed by atoms with E-state index in [0.717, 1.165) is 29.1 Å². The van der Waals surface area contributed by atoms with Gasteiger partial charge in [-0.25, -0.2) is 4.98 Å². The monoisotopic (exact) mass is 491 g/mol. The summed E-state index contributed by atoms with van der Waals surface area (Å²) >= 11 is 0. The van der Waals surface area contributed by atoms with Gasteiger partial charge < -0.3 is 20.1 Å². The van der Waals surface area contributed by atoms with Crippen molar-refractivity contribution in [2.45, 2.75) is 31.0 Å². The molecule has 1 amide bonds. The number of anilines is 1. The van der Waals surface area contributed by atoms with Crippen molar-refractivity contribution in [2.24, 2.45) is 0 Å². The molecule has 4 rings (SSSR count). The Morgan fingerprint density at radius 2 is 1.97 bits per heavy atom. The van der Waals surface area contributed by atoms with E-state index < -0.39 is 70.3 Å². The maximum Gasteiger partial charge on any atom is 0.280 e. The smallest absolute Gasteiger partial charge is 0.280 e. The van der Waals surface area contributed by atoms with E-state index in [0.29, 0.717) is 0 Å². The molecule has 3 heterocycles. The van der Waals surface area contributed by atoms with E-state index in [-0.39, 0.29) is 22.7 Å². The van der Waals surface area contributed by atoms with Crippen LogP contribution in [0.15, 0.2) is 29.3 Å². The van der Waals surface area contributed by atoms with Crippen LogP contribution in [-0.4, -0.2) is 75.5 Å². The molecule has 0 unspecified atom stereocenters. The third kappa shape index (κ3) is 4.43. The number of nitro benzene ring substituents is 2. The molecule has 35 heavy (non-hydrogen) atoms. The number of non-ortho nitro benzene ring substituents is 1. The highest BCUT2D eigenvalue weighted by Gasteiger charge is 2.44. The highest BCUT2D eigenvalue weighted by Crippen LogP contribution is 2.31. The van der Waals surface area contributed by atoms with Crippen LogP contribution in [0.2, 0.25) is 0 Å². The van der Waals surface area contributed by atoms with Crippen LogP contribution in [0.5, 0.6) is 0 Å². The van der Waals surface area contributed by atoms with Gasteiger partial charge in [0.15, 0.2) is 17.4 Å². The van der Waals surface area contributed by atoms with E-state index in [1.165, 1.54) is 0 Å². The van der Waals surface area contributed by atoms with Gasteiger partial charge in [0.25, 0.3) is 16.9 Å². The van der Waals surface area contributed by atoms with Gasteiger partial charge in [0, 0.05) is 11.6 Å². The first kappa shape index (κ1) is 23.8. The van der Waals surface area contributed by atoms with Crippen molar-refractivity contribution in [3.63, 3.8) is 0 Å². The summed E-state index contributed by atoms with van der Waals surface area (Å²) in [6.07, 6.45) is -4.67. The Morgan fingerprint density at radius 3 is 2.60 bits per heavy atom. The number of aromatic amines is 1. The van der Waals surface area contributed by atoms with Crippen LogP contribution in [0.25, 0.3) is 11.2 Å². The van der Waals surface area contributed by atoms with Crippen molar-refractivity contribution in [1.29, 1.82) is 0 Å². The van der Waals surface area contributed by atoms with Crippen molar-refractivity contribution in [3.05, 3.63) is 60.7 Å². The number of nitrogens with one attached hydrogen (secondary N) is 2. The molecule has 17 heteroatoms. The summed E-state index contributed by atoms with van der Waals surface area (Å²) < 4.78 is 6.55. The molecule has 0 saturated carbocycles. The van der Waals surface area contributed by atoms with Gasteiger partial charge in [-0.2, -0.15) is 4.98 Å². The largest absolute Gasteiger partial charge is 0.394 e. The Labute approximate surface area is 192 Å². The Kier molecular flexibility index (Phi) is 6.22. The molecule has 1 fully saturated rings. The fourth-order valence-corrected chi connectivity index (χ4v) is 3.62. The molecule has 184 valence electrons. The molecule has 1 aliphatic heterocycles. The average molecular weight is 491 g/mol.